The van der Waals surface area contributed by atoms with E-state index in [1.54, 1.807) is 0 Å². The molecule has 4 nitrogen and oxygen atoms in total. The predicted octanol–water partition coefficient (Wildman–Crippen LogP) is 3.44. The van der Waals surface area contributed by atoms with Gasteiger partial charge >= 0.3 is 0 Å². The molecule has 3 rings (SSSR count). The van der Waals surface area contributed by atoms with Crippen molar-refractivity contribution in [2.24, 2.45) is 0 Å². The van der Waals surface area contributed by atoms with Gasteiger partial charge in [-0.1, -0.05) is 23.2 Å². The molecule has 0 bridgehead atoms. The molecule has 0 unspecified atom stereocenters. The van der Waals surface area contributed by atoms with E-state index in [4.69, 9.17) is 27.9 Å². The number of aromatic nitrogens is 1. The third kappa shape index (κ3) is 2.63. The summed E-state index contributed by atoms with van der Waals surface area (Å²) >= 11 is 12.7. The van der Waals surface area contributed by atoms with Crippen LogP contribution in [0.4, 0.5) is 11.5 Å². The van der Waals surface area contributed by atoms with Gasteiger partial charge in [0.15, 0.2) is 0 Å². The van der Waals surface area contributed by atoms with Gasteiger partial charge in [0.2, 0.25) is 0 Å². The number of pyridine rings is 1. The minimum absolute atomic E-state index is 0.564. The molecule has 0 atom stereocenters. The number of rotatable bonds is 2. The fourth-order valence-corrected chi connectivity index (χ4v) is 3.06. The van der Waals surface area contributed by atoms with Crippen LogP contribution in [-0.2, 0) is 4.74 Å². The summed E-state index contributed by atoms with van der Waals surface area (Å²) in [5, 5.41) is 3.12. The smallest absolute Gasteiger partial charge is 0.136 e. The fourth-order valence-electron chi connectivity index (χ4n) is 2.64. The van der Waals surface area contributed by atoms with Crippen molar-refractivity contribution in [3.05, 3.63) is 28.4 Å². The average molecular weight is 326 g/mol. The van der Waals surface area contributed by atoms with Crippen molar-refractivity contribution in [2.75, 3.05) is 50.2 Å². The first-order chi connectivity index (χ1) is 10.1. The standard InChI is InChI=1S/C15H17Cl2N3O/c1-19(2)15-10-3-4-11(16)14(17)13(10)12(9-18-15)20-5-7-21-8-6-20/h3-4,9H,5-8H2,1-2H3. The van der Waals surface area contributed by atoms with Gasteiger partial charge in [0.1, 0.15) is 5.82 Å². The Bertz CT molecular complexity index is 670. The SMILES string of the molecule is CN(C)c1ncc(N2CCOCC2)c2c(Cl)c(Cl)ccc12. The number of fused-ring (bicyclic) bond motifs is 1. The topological polar surface area (TPSA) is 28.6 Å². The Morgan fingerprint density at radius 2 is 1.90 bits per heavy atom. The van der Waals surface area contributed by atoms with Crippen LogP contribution in [-0.4, -0.2) is 45.4 Å². The van der Waals surface area contributed by atoms with Crippen molar-refractivity contribution in [1.29, 1.82) is 0 Å². The Kier molecular flexibility index (Phi) is 4.11. The molecular formula is C15H17Cl2N3O. The van der Waals surface area contributed by atoms with E-state index in [2.05, 4.69) is 9.88 Å². The summed E-state index contributed by atoms with van der Waals surface area (Å²) < 4.78 is 5.42. The molecule has 1 fully saturated rings. The molecule has 0 N–H and O–H groups in total. The summed E-state index contributed by atoms with van der Waals surface area (Å²) in [6, 6.07) is 3.81. The molecule has 1 aliphatic heterocycles. The van der Waals surface area contributed by atoms with Crippen molar-refractivity contribution in [3.63, 3.8) is 0 Å². The molecule has 0 spiro atoms. The zero-order valence-corrected chi connectivity index (χ0v) is 13.6. The molecule has 1 aromatic carbocycles. The van der Waals surface area contributed by atoms with Crippen LogP contribution in [0, 0.1) is 0 Å². The monoisotopic (exact) mass is 325 g/mol. The number of hydrogen-bond donors (Lipinski definition) is 0. The Morgan fingerprint density at radius 3 is 2.57 bits per heavy atom. The molecular weight excluding hydrogens is 309 g/mol. The number of benzene rings is 1. The van der Waals surface area contributed by atoms with E-state index in [1.165, 1.54) is 0 Å². The molecule has 2 heterocycles. The van der Waals surface area contributed by atoms with E-state index in [-0.39, 0.29) is 0 Å². The summed E-state index contributed by atoms with van der Waals surface area (Å²) in [4.78, 5) is 8.83. The van der Waals surface area contributed by atoms with Crippen molar-refractivity contribution in [2.45, 2.75) is 0 Å². The first-order valence-electron chi connectivity index (χ1n) is 6.86. The predicted molar refractivity (Wildman–Crippen MR) is 89.1 cm³/mol. The molecule has 6 heteroatoms. The van der Waals surface area contributed by atoms with Gasteiger partial charge in [-0.25, -0.2) is 4.98 Å². The molecule has 2 aromatic rings. The molecule has 0 aliphatic carbocycles. The van der Waals surface area contributed by atoms with Gasteiger partial charge in [-0.15, -0.1) is 0 Å². The third-order valence-corrected chi connectivity index (χ3v) is 4.48. The van der Waals surface area contributed by atoms with Crippen LogP contribution >= 0.6 is 23.2 Å². The second kappa shape index (κ2) is 5.87. The average Bonchev–Trinajstić information content (AvgIpc) is 2.50. The van der Waals surface area contributed by atoms with Crippen LogP contribution in [0.2, 0.25) is 10.0 Å². The van der Waals surface area contributed by atoms with Gasteiger partial charge < -0.3 is 14.5 Å². The van der Waals surface area contributed by atoms with Gasteiger partial charge in [-0.3, -0.25) is 0 Å². The Labute approximate surface area is 134 Å². The summed E-state index contributed by atoms with van der Waals surface area (Å²) in [6.45, 7) is 3.10. The fraction of sp³-hybridized carbons (Fsp3) is 0.400. The molecule has 0 amide bonds. The highest BCUT2D eigenvalue weighted by Crippen LogP contribution is 2.40. The first kappa shape index (κ1) is 14.7. The minimum Gasteiger partial charge on any atom is -0.378 e. The maximum atomic E-state index is 6.49. The first-order valence-corrected chi connectivity index (χ1v) is 7.62. The van der Waals surface area contributed by atoms with Gasteiger partial charge in [-0.05, 0) is 12.1 Å². The minimum atomic E-state index is 0.564. The Hall–Kier alpha value is -1.23. The lowest BCUT2D eigenvalue weighted by molar-refractivity contribution is 0.123. The lowest BCUT2D eigenvalue weighted by Gasteiger charge is -2.30. The normalized spacial score (nSPS) is 15.5. The molecule has 1 aromatic heterocycles. The second-order valence-corrected chi connectivity index (χ2v) is 6.03. The maximum Gasteiger partial charge on any atom is 0.136 e. The molecule has 112 valence electrons. The highest BCUT2D eigenvalue weighted by atomic mass is 35.5. The van der Waals surface area contributed by atoms with Gasteiger partial charge in [-0.2, -0.15) is 0 Å². The van der Waals surface area contributed by atoms with E-state index < -0.39 is 0 Å². The van der Waals surface area contributed by atoms with E-state index in [0.717, 1.165) is 48.6 Å². The largest absolute Gasteiger partial charge is 0.378 e. The number of morpholine rings is 1. The molecule has 1 saturated heterocycles. The van der Waals surface area contributed by atoms with Crippen LogP contribution in [0.1, 0.15) is 0 Å². The lowest BCUT2D eigenvalue weighted by Crippen LogP contribution is -2.36. The number of halogens is 2. The number of nitrogens with zero attached hydrogens (tertiary/aromatic N) is 3. The summed E-state index contributed by atoms with van der Waals surface area (Å²) in [5.74, 6) is 0.889. The quantitative estimate of drug-likeness (QED) is 0.845. The number of hydrogen-bond acceptors (Lipinski definition) is 4. The summed E-state index contributed by atoms with van der Waals surface area (Å²) in [7, 11) is 3.94. The summed E-state index contributed by atoms with van der Waals surface area (Å²) in [5.41, 5.74) is 1.02. The highest BCUT2D eigenvalue weighted by molar-refractivity contribution is 6.46. The van der Waals surface area contributed by atoms with Gasteiger partial charge in [0.25, 0.3) is 0 Å². The highest BCUT2D eigenvalue weighted by Gasteiger charge is 2.19. The van der Waals surface area contributed by atoms with Crippen molar-refractivity contribution >= 4 is 45.5 Å². The number of ether oxygens (including phenoxy) is 1. The van der Waals surface area contributed by atoms with Crippen molar-refractivity contribution < 1.29 is 4.74 Å². The van der Waals surface area contributed by atoms with E-state index >= 15 is 0 Å². The Morgan fingerprint density at radius 1 is 1.19 bits per heavy atom. The van der Waals surface area contributed by atoms with Crippen LogP contribution in [0.15, 0.2) is 18.3 Å². The van der Waals surface area contributed by atoms with Crippen LogP contribution in [0.25, 0.3) is 10.8 Å². The van der Waals surface area contributed by atoms with Crippen LogP contribution < -0.4 is 9.80 Å². The van der Waals surface area contributed by atoms with Gasteiger partial charge in [0.05, 0.1) is 35.1 Å². The molecule has 0 saturated carbocycles. The second-order valence-electron chi connectivity index (χ2n) is 5.24. The van der Waals surface area contributed by atoms with E-state index in [0.29, 0.717) is 10.0 Å². The lowest BCUT2D eigenvalue weighted by atomic mass is 10.1. The summed E-state index contributed by atoms with van der Waals surface area (Å²) in [6.07, 6.45) is 1.88. The van der Waals surface area contributed by atoms with Crippen molar-refractivity contribution in [3.8, 4) is 0 Å². The molecule has 0 radical (unpaired) electrons. The van der Waals surface area contributed by atoms with Crippen LogP contribution in [0.5, 0.6) is 0 Å². The molecule has 21 heavy (non-hydrogen) atoms. The zero-order chi connectivity index (χ0) is 15.0. The molecule has 1 aliphatic rings. The maximum absolute atomic E-state index is 6.49. The van der Waals surface area contributed by atoms with E-state index in [1.807, 2.05) is 37.3 Å². The zero-order valence-electron chi connectivity index (χ0n) is 12.1. The van der Waals surface area contributed by atoms with E-state index in [9.17, 15) is 0 Å². The van der Waals surface area contributed by atoms with Crippen molar-refractivity contribution in [1.82, 2.24) is 4.98 Å². The number of anilines is 2. The Balaban J connectivity index is 2.25. The van der Waals surface area contributed by atoms with Gasteiger partial charge in [0, 0.05) is 38.0 Å². The third-order valence-electron chi connectivity index (χ3n) is 3.68. The van der Waals surface area contributed by atoms with Crippen LogP contribution in [0.3, 0.4) is 0 Å².